The first-order valence-corrected chi connectivity index (χ1v) is 16.7. The lowest BCUT2D eigenvalue weighted by molar-refractivity contribution is 0.953. The smallest absolute Gasteiger partial charge is 0.238 e. The van der Waals surface area contributed by atoms with E-state index in [9.17, 15) is 0 Å². The Bertz CT molecular complexity index is 2800. The lowest BCUT2D eigenvalue weighted by atomic mass is 10.0. The molecule has 10 aromatic rings. The van der Waals surface area contributed by atoms with Gasteiger partial charge in [0.05, 0.1) is 22.1 Å². The van der Waals surface area contributed by atoms with Gasteiger partial charge in [0.2, 0.25) is 5.95 Å². The molecule has 0 aliphatic carbocycles. The summed E-state index contributed by atoms with van der Waals surface area (Å²) < 4.78 is 4.52. The topological polar surface area (TPSA) is 61.4 Å². The number of para-hydroxylation sites is 3. The van der Waals surface area contributed by atoms with Gasteiger partial charge in [-0.05, 0) is 42.0 Å². The molecule has 10 rings (SSSR count). The highest BCUT2D eigenvalue weighted by Gasteiger charge is 2.20. The number of hydrogen-bond acceptors (Lipinski definition) is 4. The molecule has 0 spiro atoms. The maximum Gasteiger partial charge on any atom is 0.238 e. The van der Waals surface area contributed by atoms with Crippen LogP contribution in [0.4, 0.5) is 0 Å². The van der Waals surface area contributed by atoms with E-state index in [0.717, 1.165) is 66.2 Å². The molecule has 0 saturated heterocycles. The second-order valence-corrected chi connectivity index (χ2v) is 12.4. The summed E-state index contributed by atoms with van der Waals surface area (Å²) in [5.41, 5.74) is 9.47. The van der Waals surface area contributed by atoms with Gasteiger partial charge in [0, 0.05) is 56.3 Å². The molecule has 0 amide bonds. The molecule has 0 atom stereocenters. The Balaban J connectivity index is 1.23. The molecule has 0 N–H and O–H groups in total. The van der Waals surface area contributed by atoms with Crippen LogP contribution in [0.1, 0.15) is 0 Å². The number of fused-ring (bicyclic) bond motifs is 6. The number of hydrogen-bond donors (Lipinski definition) is 0. The molecule has 4 aromatic heterocycles. The van der Waals surface area contributed by atoms with Gasteiger partial charge >= 0.3 is 0 Å². The number of pyridine rings is 1. The minimum atomic E-state index is 0.574. The fourth-order valence-corrected chi connectivity index (χ4v) is 7.22. The Kier molecular flexibility index (Phi) is 6.39. The van der Waals surface area contributed by atoms with E-state index in [1.165, 1.54) is 5.39 Å². The normalized spacial score (nSPS) is 11.6. The highest BCUT2D eigenvalue weighted by atomic mass is 15.2. The third-order valence-electron chi connectivity index (χ3n) is 9.46. The third kappa shape index (κ3) is 4.43. The Labute approximate surface area is 287 Å². The van der Waals surface area contributed by atoms with Gasteiger partial charge in [0.25, 0.3) is 0 Å². The monoisotopic (exact) mass is 640 g/mol. The second-order valence-electron chi connectivity index (χ2n) is 12.4. The molecule has 0 aliphatic heterocycles. The van der Waals surface area contributed by atoms with Crippen LogP contribution in [0, 0.1) is 0 Å². The summed E-state index contributed by atoms with van der Waals surface area (Å²) in [6, 6.07) is 54.5. The average molecular weight is 641 g/mol. The van der Waals surface area contributed by atoms with E-state index in [4.69, 9.17) is 19.9 Å². The van der Waals surface area contributed by atoms with E-state index in [1.54, 1.807) is 0 Å². The molecule has 6 nitrogen and oxygen atoms in total. The first kappa shape index (κ1) is 28.1. The fourth-order valence-electron chi connectivity index (χ4n) is 7.22. The van der Waals surface area contributed by atoms with Crippen molar-refractivity contribution in [1.29, 1.82) is 0 Å². The Morgan fingerprint density at radius 2 is 0.920 bits per heavy atom. The first-order valence-electron chi connectivity index (χ1n) is 16.7. The zero-order valence-electron chi connectivity index (χ0n) is 26.8. The zero-order chi connectivity index (χ0) is 33.0. The van der Waals surface area contributed by atoms with E-state index in [2.05, 4.69) is 106 Å². The first-order chi connectivity index (χ1) is 24.8. The summed E-state index contributed by atoms with van der Waals surface area (Å²) in [5, 5.41) is 4.53. The van der Waals surface area contributed by atoms with Gasteiger partial charge in [-0.3, -0.25) is 9.55 Å². The summed E-state index contributed by atoms with van der Waals surface area (Å²) in [6.07, 6.45) is 3.98. The van der Waals surface area contributed by atoms with E-state index < -0.39 is 0 Å². The minimum absolute atomic E-state index is 0.574. The maximum atomic E-state index is 5.09. The maximum absolute atomic E-state index is 5.09. The lowest BCUT2D eigenvalue weighted by Gasteiger charge is -2.12. The lowest BCUT2D eigenvalue weighted by Crippen LogP contribution is -2.06. The van der Waals surface area contributed by atoms with Gasteiger partial charge in [0.15, 0.2) is 11.6 Å². The Morgan fingerprint density at radius 3 is 1.58 bits per heavy atom. The van der Waals surface area contributed by atoms with Crippen molar-refractivity contribution in [3.63, 3.8) is 0 Å². The van der Waals surface area contributed by atoms with Crippen LogP contribution in [-0.2, 0) is 0 Å². The largest absolute Gasteiger partial charge is 0.309 e. The van der Waals surface area contributed by atoms with E-state index in [-0.39, 0.29) is 0 Å². The Morgan fingerprint density at radius 1 is 0.380 bits per heavy atom. The van der Waals surface area contributed by atoms with Gasteiger partial charge in [-0.25, -0.2) is 4.98 Å². The standard InChI is InChI=1S/C44H28N6/c1-4-14-29(15-5-1)42-46-43(30-16-6-2-7-17-30)48-44(47-42)50-39-23-13-10-20-33(39)35-26-31(24-25-40(35)50)36-27-45-28-37-34-21-11-12-22-38(34)49(41(36)37)32-18-8-3-9-19-32/h1-28H. The molecule has 0 bridgehead atoms. The number of aromatic nitrogens is 6. The number of benzene rings is 6. The summed E-state index contributed by atoms with van der Waals surface area (Å²) in [5.74, 6) is 1.83. The molecule has 50 heavy (non-hydrogen) atoms. The van der Waals surface area contributed by atoms with Gasteiger partial charge < -0.3 is 4.57 Å². The van der Waals surface area contributed by atoms with Crippen LogP contribution in [0.3, 0.4) is 0 Å². The zero-order valence-corrected chi connectivity index (χ0v) is 26.8. The van der Waals surface area contributed by atoms with Crippen LogP contribution >= 0.6 is 0 Å². The molecule has 6 aromatic carbocycles. The van der Waals surface area contributed by atoms with Crippen molar-refractivity contribution in [1.82, 2.24) is 29.1 Å². The molecule has 4 heterocycles. The summed E-state index contributed by atoms with van der Waals surface area (Å²) in [4.78, 5) is 19.9. The Hall–Kier alpha value is -6.92. The van der Waals surface area contributed by atoms with Crippen LogP contribution in [0.2, 0.25) is 0 Å². The molecule has 0 saturated carbocycles. The molecular weight excluding hydrogens is 613 g/mol. The van der Waals surface area contributed by atoms with Gasteiger partial charge in [0.1, 0.15) is 0 Å². The molecular formula is C44H28N6. The molecule has 0 fully saturated rings. The SMILES string of the molecule is c1ccc(-c2nc(-c3ccccc3)nc(-n3c4ccccc4c4cc(-c5cncc6c7ccccc7n(-c7ccccc7)c56)ccc43)n2)cc1. The van der Waals surface area contributed by atoms with Crippen LogP contribution < -0.4 is 0 Å². The molecule has 0 unspecified atom stereocenters. The summed E-state index contributed by atoms with van der Waals surface area (Å²) >= 11 is 0. The van der Waals surface area contributed by atoms with Crippen LogP contribution in [0.25, 0.3) is 89.2 Å². The van der Waals surface area contributed by atoms with E-state index in [0.29, 0.717) is 17.6 Å². The van der Waals surface area contributed by atoms with Crippen molar-refractivity contribution < 1.29 is 0 Å². The molecule has 0 aliphatic rings. The van der Waals surface area contributed by atoms with Crippen molar-refractivity contribution in [3.8, 4) is 45.5 Å². The van der Waals surface area contributed by atoms with Gasteiger partial charge in [-0.2, -0.15) is 9.97 Å². The summed E-state index contributed by atoms with van der Waals surface area (Å²) in [6.45, 7) is 0. The van der Waals surface area contributed by atoms with Crippen molar-refractivity contribution in [2.24, 2.45) is 0 Å². The van der Waals surface area contributed by atoms with Crippen molar-refractivity contribution in [2.75, 3.05) is 0 Å². The highest BCUT2D eigenvalue weighted by Crippen LogP contribution is 2.40. The minimum Gasteiger partial charge on any atom is -0.309 e. The molecule has 234 valence electrons. The predicted molar refractivity (Wildman–Crippen MR) is 203 cm³/mol. The van der Waals surface area contributed by atoms with Crippen LogP contribution in [0.5, 0.6) is 0 Å². The van der Waals surface area contributed by atoms with Gasteiger partial charge in [-0.15, -0.1) is 0 Å². The van der Waals surface area contributed by atoms with Crippen molar-refractivity contribution in [2.45, 2.75) is 0 Å². The molecule has 0 radical (unpaired) electrons. The van der Waals surface area contributed by atoms with Gasteiger partial charge in [-0.1, -0.05) is 121 Å². The van der Waals surface area contributed by atoms with Crippen LogP contribution in [-0.4, -0.2) is 29.1 Å². The quantitative estimate of drug-likeness (QED) is 0.188. The summed E-state index contributed by atoms with van der Waals surface area (Å²) in [7, 11) is 0. The van der Waals surface area contributed by atoms with Crippen molar-refractivity contribution in [3.05, 3.63) is 170 Å². The highest BCUT2D eigenvalue weighted by molar-refractivity contribution is 6.15. The predicted octanol–water partition coefficient (Wildman–Crippen LogP) is 10.5. The second kappa shape index (κ2) is 11.4. The number of nitrogens with zero attached hydrogens (tertiary/aromatic N) is 6. The molecule has 6 heteroatoms. The fraction of sp³-hybridized carbons (Fsp3) is 0. The van der Waals surface area contributed by atoms with Crippen LogP contribution in [0.15, 0.2) is 170 Å². The third-order valence-corrected chi connectivity index (χ3v) is 9.46. The van der Waals surface area contributed by atoms with E-state index in [1.807, 2.05) is 73.1 Å². The number of rotatable bonds is 5. The average Bonchev–Trinajstić information content (AvgIpc) is 3.71. The van der Waals surface area contributed by atoms with Crippen molar-refractivity contribution >= 4 is 43.6 Å². The van der Waals surface area contributed by atoms with E-state index >= 15 is 0 Å².